The SMILES string of the molecule is O=C(O)Cn1cc(S(=O)(=O)NCC(F)F)cn1. The molecular weight excluding hydrogens is 260 g/mol. The zero-order valence-corrected chi connectivity index (χ0v) is 9.19. The van der Waals surface area contributed by atoms with Gasteiger partial charge >= 0.3 is 5.97 Å². The molecule has 1 aromatic rings. The molecule has 2 N–H and O–H groups in total. The maximum Gasteiger partial charge on any atom is 0.325 e. The number of halogens is 2. The minimum absolute atomic E-state index is 0.362. The maximum atomic E-state index is 11.8. The van der Waals surface area contributed by atoms with Crippen molar-refractivity contribution in [3.8, 4) is 0 Å². The van der Waals surface area contributed by atoms with E-state index in [9.17, 15) is 22.0 Å². The number of carbonyl (C=O) groups is 1. The van der Waals surface area contributed by atoms with Crippen LogP contribution in [-0.2, 0) is 21.4 Å². The third kappa shape index (κ3) is 4.07. The van der Waals surface area contributed by atoms with Crippen molar-refractivity contribution in [3.05, 3.63) is 12.4 Å². The standard InChI is InChI=1S/C7H9F2N3O4S/c8-6(9)2-11-17(15,16)5-1-10-12(3-5)4-7(13)14/h1,3,6,11H,2,4H2,(H,13,14). The molecule has 0 atom stereocenters. The molecule has 0 aliphatic rings. The van der Waals surface area contributed by atoms with E-state index in [0.717, 1.165) is 17.1 Å². The Bertz CT molecular complexity index is 499. The van der Waals surface area contributed by atoms with Crippen LogP contribution in [0.5, 0.6) is 0 Å². The van der Waals surface area contributed by atoms with E-state index in [2.05, 4.69) is 5.10 Å². The van der Waals surface area contributed by atoms with Gasteiger partial charge in [-0.15, -0.1) is 0 Å². The molecule has 0 aliphatic carbocycles. The number of sulfonamides is 1. The van der Waals surface area contributed by atoms with Gasteiger partial charge in [0.05, 0.1) is 12.7 Å². The van der Waals surface area contributed by atoms with E-state index in [1.807, 2.05) is 0 Å². The molecule has 0 saturated heterocycles. The molecule has 0 bridgehead atoms. The summed E-state index contributed by atoms with van der Waals surface area (Å²) in [7, 11) is -4.08. The third-order valence-electron chi connectivity index (χ3n) is 1.64. The number of carboxylic acid groups (broad SMARTS) is 1. The number of hydrogen-bond acceptors (Lipinski definition) is 4. The fourth-order valence-corrected chi connectivity index (χ4v) is 1.92. The van der Waals surface area contributed by atoms with Crippen molar-refractivity contribution in [2.24, 2.45) is 0 Å². The van der Waals surface area contributed by atoms with E-state index >= 15 is 0 Å². The Balaban J connectivity index is 2.78. The first-order valence-corrected chi connectivity index (χ1v) is 5.81. The molecule has 0 fully saturated rings. The van der Waals surface area contributed by atoms with Crippen molar-refractivity contribution in [1.29, 1.82) is 0 Å². The van der Waals surface area contributed by atoms with Crippen molar-refractivity contribution in [2.45, 2.75) is 17.9 Å². The normalized spacial score (nSPS) is 11.9. The van der Waals surface area contributed by atoms with Crippen LogP contribution in [0.25, 0.3) is 0 Å². The van der Waals surface area contributed by atoms with E-state index in [4.69, 9.17) is 5.11 Å². The molecule has 0 spiro atoms. The number of alkyl halides is 2. The summed E-state index contributed by atoms with van der Waals surface area (Å²) < 4.78 is 49.0. The van der Waals surface area contributed by atoms with Gasteiger partial charge in [-0.1, -0.05) is 0 Å². The monoisotopic (exact) mass is 269 g/mol. The molecule has 96 valence electrons. The van der Waals surface area contributed by atoms with Gasteiger partial charge in [-0.25, -0.2) is 21.9 Å². The molecule has 1 rings (SSSR count). The van der Waals surface area contributed by atoms with Crippen LogP contribution in [0.1, 0.15) is 0 Å². The molecule has 0 aromatic carbocycles. The Hall–Kier alpha value is -1.55. The Labute approximate surface area is 95.1 Å². The number of carboxylic acids is 1. The fourth-order valence-electron chi connectivity index (χ4n) is 0.964. The summed E-state index contributed by atoms with van der Waals surface area (Å²) in [5.74, 6) is -1.20. The van der Waals surface area contributed by atoms with Gasteiger partial charge in [-0.3, -0.25) is 9.48 Å². The number of aliphatic carboxylic acids is 1. The molecule has 1 aromatic heterocycles. The van der Waals surface area contributed by atoms with Crippen LogP contribution in [0.3, 0.4) is 0 Å². The molecular formula is C7H9F2N3O4S. The highest BCUT2D eigenvalue weighted by Crippen LogP contribution is 2.07. The van der Waals surface area contributed by atoms with Crippen LogP contribution in [0, 0.1) is 0 Å². The van der Waals surface area contributed by atoms with E-state index in [1.165, 1.54) is 0 Å². The Morgan fingerprint density at radius 2 is 2.24 bits per heavy atom. The lowest BCUT2D eigenvalue weighted by Gasteiger charge is -2.02. The van der Waals surface area contributed by atoms with Crippen LogP contribution >= 0.6 is 0 Å². The van der Waals surface area contributed by atoms with Crippen molar-refractivity contribution in [3.63, 3.8) is 0 Å². The summed E-state index contributed by atoms with van der Waals surface area (Å²) in [5.41, 5.74) is 0. The highest BCUT2D eigenvalue weighted by molar-refractivity contribution is 7.89. The van der Waals surface area contributed by atoms with Gasteiger partial charge in [-0.05, 0) is 0 Å². The van der Waals surface area contributed by atoms with Gasteiger partial charge in [0.15, 0.2) is 0 Å². The van der Waals surface area contributed by atoms with E-state index in [-0.39, 0.29) is 4.90 Å². The molecule has 17 heavy (non-hydrogen) atoms. The lowest BCUT2D eigenvalue weighted by molar-refractivity contribution is -0.137. The minimum atomic E-state index is -4.08. The quantitative estimate of drug-likeness (QED) is 0.725. The molecule has 0 unspecified atom stereocenters. The molecule has 0 radical (unpaired) electrons. The summed E-state index contributed by atoms with van der Waals surface area (Å²) in [6.07, 6.45) is -0.975. The van der Waals surface area contributed by atoms with Gasteiger partial charge in [0, 0.05) is 6.20 Å². The average Bonchev–Trinajstić information content (AvgIpc) is 2.63. The van der Waals surface area contributed by atoms with Crippen molar-refractivity contribution < 1.29 is 27.1 Å². The van der Waals surface area contributed by atoms with Gasteiger partial charge in [0.1, 0.15) is 11.4 Å². The first-order valence-electron chi connectivity index (χ1n) is 4.33. The van der Waals surface area contributed by atoms with E-state index in [0.29, 0.717) is 0 Å². The summed E-state index contributed by atoms with van der Waals surface area (Å²) >= 11 is 0. The lowest BCUT2D eigenvalue weighted by atomic mass is 10.6. The average molecular weight is 269 g/mol. The second kappa shape index (κ2) is 5.19. The van der Waals surface area contributed by atoms with Crippen molar-refractivity contribution in [2.75, 3.05) is 6.54 Å². The Morgan fingerprint density at radius 3 is 2.76 bits per heavy atom. The molecule has 7 nitrogen and oxygen atoms in total. The topological polar surface area (TPSA) is 101 Å². The van der Waals surface area contributed by atoms with Crippen LogP contribution in [-0.4, -0.2) is 42.2 Å². The second-order valence-electron chi connectivity index (χ2n) is 3.01. The molecule has 10 heteroatoms. The zero-order valence-electron chi connectivity index (χ0n) is 8.38. The van der Waals surface area contributed by atoms with Crippen molar-refractivity contribution in [1.82, 2.24) is 14.5 Å². The summed E-state index contributed by atoms with van der Waals surface area (Å²) in [4.78, 5) is 9.96. The largest absolute Gasteiger partial charge is 0.480 e. The number of aromatic nitrogens is 2. The summed E-state index contributed by atoms with van der Waals surface area (Å²) in [6.45, 7) is -1.52. The predicted molar refractivity (Wildman–Crippen MR) is 51.1 cm³/mol. The maximum absolute atomic E-state index is 11.8. The van der Waals surface area contributed by atoms with Crippen LogP contribution < -0.4 is 4.72 Å². The summed E-state index contributed by atoms with van der Waals surface area (Å²) in [6, 6.07) is 0. The summed E-state index contributed by atoms with van der Waals surface area (Å²) in [5, 5.41) is 11.9. The lowest BCUT2D eigenvalue weighted by Crippen LogP contribution is -2.28. The molecule has 0 saturated carbocycles. The number of nitrogens with zero attached hydrogens (tertiary/aromatic N) is 2. The van der Waals surface area contributed by atoms with Gasteiger partial charge in [0.25, 0.3) is 6.43 Å². The van der Waals surface area contributed by atoms with Gasteiger partial charge < -0.3 is 5.11 Å². The zero-order chi connectivity index (χ0) is 13.1. The number of hydrogen-bond donors (Lipinski definition) is 2. The predicted octanol–water partition coefficient (Wildman–Crippen LogP) is -0.489. The second-order valence-corrected chi connectivity index (χ2v) is 4.78. The molecule has 0 aliphatic heterocycles. The third-order valence-corrected chi connectivity index (χ3v) is 3.02. The first kappa shape index (κ1) is 13.5. The van der Waals surface area contributed by atoms with Gasteiger partial charge in [-0.2, -0.15) is 5.10 Å². The van der Waals surface area contributed by atoms with E-state index < -0.39 is 35.5 Å². The minimum Gasteiger partial charge on any atom is -0.480 e. The Kier molecular flexibility index (Phi) is 4.12. The first-order chi connectivity index (χ1) is 7.81. The fraction of sp³-hybridized carbons (Fsp3) is 0.429. The van der Waals surface area contributed by atoms with Crippen LogP contribution in [0.4, 0.5) is 8.78 Å². The Morgan fingerprint density at radius 1 is 1.59 bits per heavy atom. The molecule has 0 amide bonds. The number of rotatable bonds is 6. The highest BCUT2D eigenvalue weighted by Gasteiger charge is 2.18. The van der Waals surface area contributed by atoms with Gasteiger partial charge in [0.2, 0.25) is 10.0 Å². The molecule has 1 heterocycles. The van der Waals surface area contributed by atoms with Crippen LogP contribution in [0.2, 0.25) is 0 Å². The van der Waals surface area contributed by atoms with Crippen LogP contribution in [0.15, 0.2) is 17.3 Å². The number of nitrogens with one attached hydrogen (secondary N) is 1. The highest BCUT2D eigenvalue weighted by atomic mass is 32.2. The van der Waals surface area contributed by atoms with Crippen molar-refractivity contribution >= 4 is 16.0 Å². The smallest absolute Gasteiger partial charge is 0.325 e. The van der Waals surface area contributed by atoms with E-state index in [1.54, 1.807) is 4.72 Å².